The summed E-state index contributed by atoms with van der Waals surface area (Å²) in [5, 5.41) is 3.76. The van der Waals surface area contributed by atoms with Gasteiger partial charge < -0.3 is 10.1 Å². The van der Waals surface area contributed by atoms with Crippen LogP contribution in [0.4, 0.5) is 0 Å². The van der Waals surface area contributed by atoms with Crippen LogP contribution in [0.5, 0.6) is 0 Å². The van der Waals surface area contributed by atoms with E-state index < -0.39 is 0 Å². The standard InChI is InChI=1S/C19H23ClN2OS/c1-12-4-3-6-21-17(12)15-10-19(9-13(2)22-15)11-23-7-5-14-8-16(20)24-18(14)19/h3-4,6,8,13,15,22H,5,7,9-11H2,1-2H3. The minimum atomic E-state index is 0.0446. The number of pyridine rings is 1. The summed E-state index contributed by atoms with van der Waals surface area (Å²) in [6.45, 7) is 5.99. The van der Waals surface area contributed by atoms with Crippen LogP contribution in [0.3, 0.4) is 0 Å². The number of ether oxygens (including phenoxy) is 1. The van der Waals surface area contributed by atoms with E-state index in [2.05, 4.69) is 36.3 Å². The number of nitrogens with zero attached hydrogens (tertiary/aromatic N) is 1. The normalized spacial score (nSPS) is 30.1. The van der Waals surface area contributed by atoms with E-state index in [4.69, 9.17) is 16.3 Å². The lowest BCUT2D eigenvalue weighted by Crippen LogP contribution is -2.49. The van der Waals surface area contributed by atoms with Gasteiger partial charge in [0.25, 0.3) is 0 Å². The Morgan fingerprint density at radius 1 is 1.42 bits per heavy atom. The number of aromatic nitrogens is 1. The van der Waals surface area contributed by atoms with Crippen molar-refractivity contribution in [1.82, 2.24) is 10.3 Å². The molecule has 24 heavy (non-hydrogen) atoms. The van der Waals surface area contributed by atoms with Crippen LogP contribution in [0.1, 0.15) is 47.5 Å². The molecule has 2 aliphatic rings. The van der Waals surface area contributed by atoms with E-state index >= 15 is 0 Å². The first-order valence-electron chi connectivity index (χ1n) is 8.61. The van der Waals surface area contributed by atoms with Gasteiger partial charge in [-0.1, -0.05) is 17.7 Å². The van der Waals surface area contributed by atoms with E-state index in [1.165, 1.54) is 16.0 Å². The van der Waals surface area contributed by atoms with E-state index in [-0.39, 0.29) is 11.5 Å². The van der Waals surface area contributed by atoms with Crippen molar-refractivity contribution in [3.05, 3.63) is 50.4 Å². The number of aryl methyl sites for hydroxylation is 1. The average molecular weight is 363 g/mol. The second-order valence-corrected chi connectivity index (χ2v) is 8.91. The summed E-state index contributed by atoms with van der Waals surface area (Å²) in [5.74, 6) is 0. The lowest BCUT2D eigenvalue weighted by molar-refractivity contribution is 0.0603. The number of halogens is 1. The van der Waals surface area contributed by atoms with E-state index in [0.29, 0.717) is 6.04 Å². The van der Waals surface area contributed by atoms with Crippen molar-refractivity contribution in [3.63, 3.8) is 0 Å². The molecule has 0 radical (unpaired) electrons. The molecule has 0 aromatic carbocycles. The second-order valence-electron chi connectivity index (χ2n) is 7.22. The molecular formula is C19H23ClN2OS. The monoisotopic (exact) mass is 362 g/mol. The Bertz CT molecular complexity index is 747. The van der Waals surface area contributed by atoms with Gasteiger partial charge in [0.05, 0.1) is 29.3 Å². The molecule has 0 aliphatic carbocycles. The van der Waals surface area contributed by atoms with Crippen molar-refractivity contribution in [1.29, 1.82) is 0 Å². The number of rotatable bonds is 1. The van der Waals surface area contributed by atoms with Gasteiger partial charge >= 0.3 is 0 Å². The molecule has 3 nitrogen and oxygen atoms in total. The topological polar surface area (TPSA) is 34.1 Å². The van der Waals surface area contributed by atoms with Gasteiger partial charge in [0.15, 0.2) is 0 Å². The zero-order valence-corrected chi connectivity index (χ0v) is 15.7. The van der Waals surface area contributed by atoms with E-state index in [1.54, 1.807) is 11.3 Å². The molecule has 128 valence electrons. The molecule has 2 aromatic heterocycles. The fourth-order valence-corrected chi connectivity index (χ4v) is 5.90. The Balaban J connectivity index is 1.76. The minimum Gasteiger partial charge on any atom is -0.380 e. The predicted octanol–water partition coefficient (Wildman–Crippen LogP) is 4.43. The van der Waals surface area contributed by atoms with Crippen LogP contribution in [-0.2, 0) is 16.6 Å². The molecule has 3 atom stereocenters. The molecule has 1 saturated heterocycles. The molecule has 1 fully saturated rings. The summed E-state index contributed by atoms with van der Waals surface area (Å²) in [7, 11) is 0. The van der Waals surface area contributed by atoms with Crippen molar-refractivity contribution in [2.45, 2.75) is 50.6 Å². The highest BCUT2D eigenvalue weighted by Gasteiger charge is 2.45. The van der Waals surface area contributed by atoms with Crippen LogP contribution < -0.4 is 5.32 Å². The van der Waals surface area contributed by atoms with E-state index in [0.717, 1.165) is 42.5 Å². The van der Waals surface area contributed by atoms with Crippen molar-refractivity contribution >= 4 is 22.9 Å². The molecule has 0 amide bonds. The first-order chi connectivity index (χ1) is 11.6. The number of nitrogens with one attached hydrogen (secondary N) is 1. The number of hydrogen-bond donors (Lipinski definition) is 1. The molecule has 4 rings (SSSR count). The molecule has 3 unspecified atom stereocenters. The Kier molecular flexibility index (Phi) is 4.42. The average Bonchev–Trinajstić information content (AvgIpc) is 2.86. The smallest absolute Gasteiger partial charge is 0.0934 e. The zero-order chi connectivity index (χ0) is 16.7. The summed E-state index contributed by atoms with van der Waals surface area (Å²) in [5.41, 5.74) is 3.84. The predicted molar refractivity (Wildman–Crippen MR) is 99.1 cm³/mol. The van der Waals surface area contributed by atoms with Gasteiger partial charge in [-0.05, 0) is 56.4 Å². The Morgan fingerprint density at radius 2 is 2.29 bits per heavy atom. The first-order valence-corrected chi connectivity index (χ1v) is 9.81. The van der Waals surface area contributed by atoms with Crippen LogP contribution >= 0.6 is 22.9 Å². The quantitative estimate of drug-likeness (QED) is 0.814. The van der Waals surface area contributed by atoms with Gasteiger partial charge in [-0.15, -0.1) is 11.3 Å². The van der Waals surface area contributed by atoms with Gasteiger partial charge in [0.2, 0.25) is 0 Å². The summed E-state index contributed by atoms with van der Waals surface area (Å²) < 4.78 is 6.95. The van der Waals surface area contributed by atoms with E-state index in [9.17, 15) is 0 Å². The highest BCUT2D eigenvalue weighted by molar-refractivity contribution is 7.16. The maximum absolute atomic E-state index is 6.37. The van der Waals surface area contributed by atoms with Crippen LogP contribution in [0, 0.1) is 6.92 Å². The highest BCUT2D eigenvalue weighted by Crippen LogP contribution is 2.48. The lowest BCUT2D eigenvalue weighted by Gasteiger charge is -2.44. The van der Waals surface area contributed by atoms with Crippen molar-refractivity contribution in [3.8, 4) is 0 Å². The summed E-state index contributed by atoms with van der Waals surface area (Å²) in [6.07, 6.45) is 4.96. The highest BCUT2D eigenvalue weighted by atomic mass is 35.5. The van der Waals surface area contributed by atoms with Crippen LogP contribution in [0.25, 0.3) is 0 Å². The summed E-state index contributed by atoms with van der Waals surface area (Å²) in [4.78, 5) is 6.11. The van der Waals surface area contributed by atoms with Gasteiger partial charge in [-0.25, -0.2) is 0 Å². The number of thiophene rings is 1. The van der Waals surface area contributed by atoms with Gasteiger partial charge in [0, 0.05) is 22.5 Å². The molecule has 2 aliphatic heterocycles. The molecule has 0 bridgehead atoms. The lowest BCUT2D eigenvalue weighted by atomic mass is 9.71. The van der Waals surface area contributed by atoms with Crippen molar-refractivity contribution in [2.75, 3.05) is 13.2 Å². The molecule has 2 aromatic rings. The van der Waals surface area contributed by atoms with Crippen molar-refractivity contribution in [2.24, 2.45) is 0 Å². The maximum Gasteiger partial charge on any atom is 0.0934 e. The first kappa shape index (κ1) is 16.5. The van der Waals surface area contributed by atoms with Crippen LogP contribution in [0.2, 0.25) is 4.34 Å². The minimum absolute atomic E-state index is 0.0446. The Labute approximate surface area is 152 Å². The van der Waals surface area contributed by atoms with Gasteiger partial charge in [-0.2, -0.15) is 0 Å². The second kappa shape index (κ2) is 6.41. The molecule has 1 spiro atoms. The number of piperidine rings is 1. The van der Waals surface area contributed by atoms with Crippen molar-refractivity contribution < 1.29 is 4.74 Å². The SMILES string of the molecule is Cc1cccnc1C1CC2(COCCc3cc(Cl)sc32)CC(C)N1. The fraction of sp³-hybridized carbons (Fsp3) is 0.526. The Hall–Kier alpha value is -0.940. The molecule has 0 saturated carbocycles. The van der Waals surface area contributed by atoms with Gasteiger partial charge in [0.1, 0.15) is 0 Å². The summed E-state index contributed by atoms with van der Waals surface area (Å²) >= 11 is 8.12. The molecule has 4 heterocycles. The third-order valence-corrected chi connectivity index (χ3v) is 6.86. The van der Waals surface area contributed by atoms with Gasteiger partial charge in [-0.3, -0.25) is 4.98 Å². The molecular weight excluding hydrogens is 340 g/mol. The third kappa shape index (κ3) is 2.90. The fourth-order valence-electron chi connectivity index (χ4n) is 4.41. The molecule has 1 N–H and O–H groups in total. The molecule has 5 heteroatoms. The zero-order valence-electron chi connectivity index (χ0n) is 14.1. The Morgan fingerprint density at radius 3 is 3.12 bits per heavy atom. The number of fused-ring (bicyclic) bond motifs is 2. The van der Waals surface area contributed by atoms with E-state index in [1.807, 2.05) is 12.3 Å². The largest absolute Gasteiger partial charge is 0.380 e. The number of hydrogen-bond acceptors (Lipinski definition) is 4. The van der Waals surface area contributed by atoms with Crippen LogP contribution in [-0.4, -0.2) is 24.2 Å². The summed E-state index contributed by atoms with van der Waals surface area (Å²) in [6, 6.07) is 6.97. The third-order valence-electron chi connectivity index (χ3n) is 5.31. The maximum atomic E-state index is 6.37. The van der Waals surface area contributed by atoms with Crippen LogP contribution in [0.15, 0.2) is 24.4 Å².